The molecule has 0 aromatic heterocycles. The first-order valence-corrected chi connectivity index (χ1v) is 4.68. The van der Waals surface area contributed by atoms with Crippen LogP contribution in [-0.2, 0) is 0 Å². The van der Waals surface area contributed by atoms with Crippen molar-refractivity contribution in [3.05, 3.63) is 0 Å². The first-order chi connectivity index (χ1) is 4.09. The van der Waals surface area contributed by atoms with Gasteiger partial charge < -0.3 is 0 Å². The van der Waals surface area contributed by atoms with Gasteiger partial charge in [-0.05, 0) is 6.42 Å². The standard InChI is InChI=1S/C6H14S3/c1-3-5(8)6(9)4(2)7/h4-9H,3H2,1-2H3. The van der Waals surface area contributed by atoms with Gasteiger partial charge in [0.25, 0.3) is 0 Å². The zero-order valence-corrected chi connectivity index (χ0v) is 8.46. The van der Waals surface area contributed by atoms with Crippen molar-refractivity contribution in [1.29, 1.82) is 0 Å². The minimum atomic E-state index is 0.307. The van der Waals surface area contributed by atoms with E-state index in [1.54, 1.807) is 0 Å². The van der Waals surface area contributed by atoms with Crippen LogP contribution in [0, 0.1) is 0 Å². The van der Waals surface area contributed by atoms with Gasteiger partial charge in [-0.15, -0.1) is 0 Å². The van der Waals surface area contributed by atoms with Crippen LogP contribution in [0.2, 0.25) is 0 Å². The fourth-order valence-corrected chi connectivity index (χ4v) is 1.38. The average molecular weight is 182 g/mol. The first-order valence-electron chi connectivity index (χ1n) is 3.13. The van der Waals surface area contributed by atoms with Crippen LogP contribution in [-0.4, -0.2) is 15.7 Å². The molecule has 3 heteroatoms. The van der Waals surface area contributed by atoms with Gasteiger partial charge in [0.15, 0.2) is 0 Å². The molecular weight excluding hydrogens is 168 g/mol. The summed E-state index contributed by atoms with van der Waals surface area (Å²) >= 11 is 12.9. The Hall–Kier alpha value is 1.05. The molecule has 0 saturated heterocycles. The lowest BCUT2D eigenvalue weighted by atomic mass is 10.2. The van der Waals surface area contributed by atoms with Crippen LogP contribution in [0.3, 0.4) is 0 Å². The summed E-state index contributed by atoms with van der Waals surface area (Å²) in [5.41, 5.74) is 0. The van der Waals surface area contributed by atoms with Gasteiger partial charge in [0.05, 0.1) is 0 Å². The van der Waals surface area contributed by atoms with Crippen molar-refractivity contribution in [3.63, 3.8) is 0 Å². The van der Waals surface area contributed by atoms with E-state index in [2.05, 4.69) is 44.8 Å². The predicted molar refractivity (Wildman–Crippen MR) is 54.3 cm³/mol. The SMILES string of the molecule is CCC(S)C(S)C(C)S. The fourth-order valence-electron chi connectivity index (χ4n) is 0.563. The highest BCUT2D eigenvalue weighted by molar-refractivity contribution is 7.87. The van der Waals surface area contributed by atoms with Crippen molar-refractivity contribution in [2.45, 2.75) is 36.0 Å². The molecule has 56 valence electrons. The molecule has 0 aliphatic carbocycles. The van der Waals surface area contributed by atoms with E-state index < -0.39 is 0 Å². The fraction of sp³-hybridized carbons (Fsp3) is 1.00. The second-order valence-electron chi connectivity index (χ2n) is 2.21. The Morgan fingerprint density at radius 2 is 1.67 bits per heavy atom. The van der Waals surface area contributed by atoms with Crippen molar-refractivity contribution < 1.29 is 0 Å². The zero-order chi connectivity index (χ0) is 7.44. The number of hydrogen-bond acceptors (Lipinski definition) is 3. The summed E-state index contributed by atoms with van der Waals surface area (Å²) in [5, 5.41) is 1.01. The maximum atomic E-state index is 4.35. The summed E-state index contributed by atoms with van der Waals surface area (Å²) in [7, 11) is 0. The highest BCUT2D eigenvalue weighted by Gasteiger charge is 2.15. The van der Waals surface area contributed by atoms with E-state index in [-0.39, 0.29) is 0 Å². The number of rotatable bonds is 3. The third-order valence-corrected chi connectivity index (χ3v) is 3.59. The monoisotopic (exact) mass is 182 g/mol. The van der Waals surface area contributed by atoms with Crippen LogP contribution >= 0.6 is 37.9 Å². The normalized spacial score (nSPS) is 21.0. The highest BCUT2D eigenvalue weighted by atomic mass is 32.1. The van der Waals surface area contributed by atoms with E-state index in [0.717, 1.165) is 6.42 Å². The Morgan fingerprint density at radius 3 is 1.78 bits per heavy atom. The van der Waals surface area contributed by atoms with E-state index in [9.17, 15) is 0 Å². The molecule has 0 amide bonds. The largest absolute Gasteiger partial charge is 0.175 e. The molecule has 0 heterocycles. The summed E-state index contributed by atoms with van der Waals surface area (Å²) in [6, 6.07) is 0. The third-order valence-electron chi connectivity index (χ3n) is 1.31. The summed E-state index contributed by atoms with van der Waals surface area (Å²) in [6.07, 6.45) is 1.06. The van der Waals surface area contributed by atoms with Crippen molar-refractivity contribution in [2.75, 3.05) is 0 Å². The molecular formula is C6H14S3. The maximum absolute atomic E-state index is 4.35. The Kier molecular flexibility index (Phi) is 5.36. The minimum Gasteiger partial charge on any atom is -0.175 e. The third kappa shape index (κ3) is 3.68. The lowest BCUT2D eigenvalue weighted by Crippen LogP contribution is -2.22. The van der Waals surface area contributed by atoms with Crippen molar-refractivity contribution in [3.8, 4) is 0 Å². The molecule has 3 unspecified atom stereocenters. The Bertz CT molecular complexity index is 72.7. The zero-order valence-electron chi connectivity index (χ0n) is 5.78. The van der Waals surface area contributed by atoms with Gasteiger partial charge in [0, 0.05) is 15.7 Å². The van der Waals surface area contributed by atoms with Gasteiger partial charge in [-0.3, -0.25) is 0 Å². The second kappa shape index (κ2) is 4.80. The van der Waals surface area contributed by atoms with Crippen molar-refractivity contribution in [2.24, 2.45) is 0 Å². The molecule has 0 fully saturated rings. The highest BCUT2D eigenvalue weighted by Crippen LogP contribution is 2.18. The summed E-state index contributed by atoms with van der Waals surface area (Å²) in [5.74, 6) is 0. The molecule has 0 rings (SSSR count). The molecule has 0 saturated carbocycles. The van der Waals surface area contributed by atoms with Crippen molar-refractivity contribution >= 4 is 37.9 Å². The van der Waals surface area contributed by atoms with Crippen molar-refractivity contribution in [1.82, 2.24) is 0 Å². The molecule has 0 bridgehead atoms. The Labute approximate surface area is 74.0 Å². The van der Waals surface area contributed by atoms with Crippen LogP contribution < -0.4 is 0 Å². The Morgan fingerprint density at radius 1 is 1.22 bits per heavy atom. The lowest BCUT2D eigenvalue weighted by Gasteiger charge is -2.19. The van der Waals surface area contributed by atoms with Gasteiger partial charge in [-0.2, -0.15) is 37.9 Å². The molecule has 0 aromatic carbocycles. The molecule has 0 nitrogen and oxygen atoms in total. The predicted octanol–water partition coefficient (Wildman–Crippen LogP) is 2.31. The van der Waals surface area contributed by atoms with Crippen LogP contribution in [0.5, 0.6) is 0 Å². The smallest absolute Gasteiger partial charge is 0.0247 e. The quantitative estimate of drug-likeness (QED) is 0.548. The van der Waals surface area contributed by atoms with Gasteiger partial charge in [-0.1, -0.05) is 13.8 Å². The van der Waals surface area contributed by atoms with Gasteiger partial charge in [-0.25, -0.2) is 0 Å². The number of thiol groups is 3. The van der Waals surface area contributed by atoms with Crippen LogP contribution in [0.15, 0.2) is 0 Å². The van der Waals surface area contributed by atoms with Crippen LogP contribution in [0.1, 0.15) is 20.3 Å². The van der Waals surface area contributed by atoms with E-state index in [1.165, 1.54) is 0 Å². The minimum absolute atomic E-state index is 0.307. The maximum Gasteiger partial charge on any atom is 0.0247 e. The summed E-state index contributed by atoms with van der Waals surface area (Å²) in [6.45, 7) is 4.15. The van der Waals surface area contributed by atoms with Gasteiger partial charge in [0.2, 0.25) is 0 Å². The van der Waals surface area contributed by atoms with Crippen LogP contribution in [0.4, 0.5) is 0 Å². The lowest BCUT2D eigenvalue weighted by molar-refractivity contribution is 0.759. The summed E-state index contributed by atoms with van der Waals surface area (Å²) in [4.78, 5) is 0. The van der Waals surface area contributed by atoms with E-state index in [1.807, 2.05) is 6.92 Å². The molecule has 0 spiro atoms. The summed E-state index contributed by atoms with van der Waals surface area (Å²) < 4.78 is 0. The first kappa shape index (κ1) is 10.0. The molecule has 0 aliphatic rings. The molecule has 0 N–H and O–H groups in total. The topological polar surface area (TPSA) is 0 Å². The van der Waals surface area contributed by atoms with Crippen LogP contribution in [0.25, 0.3) is 0 Å². The molecule has 0 aromatic rings. The van der Waals surface area contributed by atoms with E-state index >= 15 is 0 Å². The van der Waals surface area contributed by atoms with E-state index in [4.69, 9.17) is 0 Å². The molecule has 3 atom stereocenters. The average Bonchev–Trinajstić information content (AvgIpc) is 1.84. The van der Waals surface area contributed by atoms with Gasteiger partial charge in [0.1, 0.15) is 0 Å². The molecule has 0 aliphatic heterocycles. The molecule has 0 radical (unpaired) electrons. The second-order valence-corrected chi connectivity index (χ2v) is 4.28. The van der Waals surface area contributed by atoms with E-state index in [0.29, 0.717) is 15.7 Å². The number of hydrogen-bond donors (Lipinski definition) is 3. The molecule has 9 heavy (non-hydrogen) atoms. The Balaban J connectivity index is 3.58. The van der Waals surface area contributed by atoms with Gasteiger partial charge >= 0.3 is 0 Å².